The summed E-state index contributed by atoms with van der Waals surface area (Å²) in [7, 11) is -3.18. The van der Waals surface area contributed by atoms with Crippen molar-refractivity contribution in [3.8, 4) is 0 Å². The van der Waals surface area contributed by atoms with Crippen molar-refractivity contribution in [3.05, 3.63) is 0 Å². The lowest BCUT2D eigenvalue weighted by molar-refractivity contribution is -0.136. The Balaban J connectivity index is 1.44. The molecule has 1 aliphatic carbocycles. The summed E-state index contributed by atoms with van der Waals surface area (Å²) in [6.45, 7) is 0.618. The average Bonchev–Trinajstić information content (AvgIpc) is 3.37. The van der Waals surface area contributed by atoms with E-state index in [1.807, 2.05) is 0 Å². The van der Waals surface area contributed by atoms with E-state index in [4.69, 9.17) is 5.73 Å². The molecule has 0 aromatic rings. The Labute approximate surface area is 172 Å². The van der Waals surface area contributed by atoms with Crippen LogP contribution in [0.1, 0.15) is 51.4 Å². The molecule has 3 amide bonds. The quantitative estimate of drug-likeness (QED) is 0.328. The van der Waals surface area contributed by atoms with Gasteiger partial charge in [-0.05, 0) is 37.9 Å². The van der Waals surface area contributed by atoms with Gasteiger partial charge in [0.25, 0.3) is 0 Å². The number of carbonyl (C=O) groups is 3. The van der Waals surface area contributed by atoms with Crippen LogP contribution in [0.15, 0.2) is 0 Å². The molecule has 0 spiro atoms. The van der Waals surface area contributed by atoms with Crippen molar-refractivity contribution < 1.29 is 22.8 Å². The van der Waals surface area contributed by atoms with Gasteiger partial charge in [0.1, 0.15) is 6.04 Å². The second kappa shape index (κ2) is 11.1. The van der Waals surface area contributed by atoms with E-state index in [1.54, 1.807) is 16.7 Å². The van der Waals surface area contributed by atoms with E-state index in [0.29, 0.717) is 38.5 Å². The Kier molecular flexibility index (Phi) is 9.13. The Morgan fingerprint density at radius 1 is 1.11 bits per heavy atom. The number of amides is 3. The number of nitrogens with two attached hydrogens (primary N) is 1. The summed E-state index contributed by atoms with van der Waals surface area (Å²) >= 11 is 1.71. The number of hydrogen-bond acceptors (Lipinski definition) is 6. The molecule has 2 rings (SSSR count). The zero-order chi connectivity index (χ0) is 20.6. The Hall–Kier alpha value is -1.23. The van der Waals surface area contributed by atoms with Crippen LogP contribution < -0.4 is 10.5 Å². The highest BCUT2D eigenvalue weighted by atomic mass is 32.2. The van der Waals surface area contributed by atoms with Crippen LogP contribution in [0.25, 0.3) is 0 Å². The summed E-state index contributed by atoms with van der Waals surface area (Å²) in [5.74, 6) is 0.839. The van der Waals surface area contributed by atoms with Gasteiger partial charge in [-0.3, -0.25) is 19.1 Å². The van der Waals surface area contributed by atoms with Gasteiger partial charge in [-0.1, -0.05) is 19.2 Å². The molecule has 1 aliphatic heterocycles. The number of primary amides is 1. The molecule has 0 aromatic carbocycles. The van der Waals surface area contributed by atoms with Gasteiger partial charge in [-0.15, -0.1) is 0 Å². The van der Waals surface area contributed by atoms with E-state index < -0.39 is 27.8 Å². The largest absolute Gasteiger partial charge is 0.368 e. The number of unbranched alkanes of at least 4 members (excludes halogenated alkanes) is 2. The van der Waals surface area contributed by atoms with Crippen LogP contribution in [0.2, 0.25) is 6.32 Å². The lowest BCUT2D eigenvalue weighted by Gasteiger charge is -2.22. The van der Waals surface area contributed by atoms with Gasteiger partial charge >= 0.3 is 0 Å². The topological polar surface area (TPSA) is 127 Å². The number of nitrogens with zero attached hydrogens (tertiary/aromatic N) is 1. The van der Waals surface area contributed by atoms with E-state index >= 15 is 0 Å². The van der Waals surface area contributed by atoms with Crippen LogP contribution >= 0.6 is 11.8 Å². The molecule has 0 unspecified atom stereocenters. The normalized spacial score (nSPS) is 19.4. The summed E-state index contributed by atoms with van der Waals surface area (Å²) in [6, 6.07) is -0.436. The molecule has 2 fully saturated rings. The minimum atomic E-state index is -3.43. The number of likely N-dealkylation sites (tertiary alicyclic amines) is 1. The van der Waals surface area contributed by atoms with Crippen molar-refractivity contribution in [2.45, 2.75) is 69.0 Å². The van der Waals surface area contributed by atoms with Crippen molar-refractivity contribution in [2.75, 3.05) is 18.1 Å². The third-order valence-electron chi connectivity index (χ3n) is 5.02. The second-order valence-electron chi connectivity index (χ2n) is 7.44. The van der Waals surface area contributed by atoms with Gasteiger partial charge in [-0.2, -0.15) is 11.8 Å². The molecule has 1 saturated carbocycles. The lowest BCUT2D eigenvalue weighted by Crippen LogP contribution is -2.43. The summed E-state index contributed by atoms with van der Waals surface area (Å²) < 4.78 is 25.4. The second-order valence-corrected chi connectivity index (χ2v) is 10.6. The Bertz CT molecular complexity index is 670. The molecule has 2 aliphatic rings. The number of thioether (sulfide) groups is 1. The fraction of sp³-hybridized carbons (Fsp3) is 0.824. The molecule has 158 valence electrons. The fourth-order valence-corrected chi connectivity index (χ4v) is 5.55. The first kappa shape index (κ1) is 23.1. The monoisotopic (exact) mass is 431 g/mol. The molecule has 0 bridgehead atoms. The molecule has 1 atom stereocenters. The molecule has 0 aromatic heterocycles. The summed E-state index contributed by atoms with van der Waals surface area (Å²) in [4.78, 5) is 36.7. The first-order valence-electron chi connectivity index (χ1n) is 10.0. The lowest BCUT2D eigenvalue weighted by atomic mass is 9.72. The summed E-state index contributed by atoms with van der Waals surface area (Å²) in [5.41, 5.74) is 5.33. The van der Waals surface area contributed by atoms with Gasteiger partial charge in [0, 0.05) is 18.7 Å². The van der Waals surface area contributed by atoms with E-state index in [1.165, 1.54) is 0 Å². The zero-order valence-corrected chi connectivity index (χ0v) is 17.9. The number of carbonyl (C=O) groups excluding carboxylic acids is 3. The molecule has 1 saturated heterocycles. The highest BCUT2D eigenvalue weighted by Gasteiger charge is 2.36. The van der Waals surface area contributed by atoms with E-state index in [-0.39, 0.29) is 18.4 Å². The maximum absolute atomic E-state index is 12.2. The molecular formula is C17H30BN3O5S2. The van der Waals surface area contributed by atoms with Crippen LogP contribution in [-0.4, -0.2) is 67.6 Å². The maximum Gasteiger partial charge on any atom is 0.240 e. The predicted molar refractivity (Wildman–Crippen MR) is 112 cm³/mol. The minimum absolute atomic E-state index is 0.000891. The van der Waals surface area contributed by atoms with Crippen molar-refractivity contribution in [3.63, 3.8) is 0 Å². The van der Waals surface area contributed by atoms with Crippen molar-refractivity contribution in [1.82, 2.24) is 9.62 Å². The standard InChI is InChI=1S/C17H30BN3O5S2/c19-16(23)14-5-4-10-21(14)15(22)8-12-27-11-3-1-2-9-18-17(24)20-28(25,26)13-6-7-13/h13-14,18H,1-12H2,(H2,19,23)(H,20,24)/t14-/m0/s1. The van der Waals surface area contributed by atoms with E-state index in [0.717, 1.165) is 37.2 Å². The molecule has 28 heavy (non-hydrogen) atoms. The van der Waals surface area contributed by atoms with Gasteiger partial charge in [-0.25, -0.2) is 8.42 Å². The van der Waals surface area contributed by atoms with Crippen LogP contribution in [0.3, 0.4) is 0 Å². The minimum Gasteiger partial charge on any atom is -0.368 e. The van der Waals surface area contributed by atoms with E-state index in [9.17, 15) is 22.8 Å². The first-order valence-corrected chi connectivity index (χ1v) is 12.7. The van der Waals surface area contributed by atoms with Crippen LogP contribution in [0.4, 0.5) is 4.79 Å². The zero-order valence-electron chi connectivity index (χ0n) is 16.2. The number of sulfonamides is 1. The van der Waals surface area contributed by atoms with Crippen molar-refractivity contribution in [2.24, 2.45) is 5.73 Å². The SMILES string of the molecule is NC(=O)[C@@H]1CCCN1C(=O)CCSCCCCCBC(=O)NS(=O)(=O)C1CC1. The molecule has 11 heteroatoms. The van der Waals surface area contributed by atoms with Gasteiger partial charge in [0.15, 0.2) is 5.81 Å². The van der Waals surface area contributed by atoms with Gasteiger partial charge < -0.3 is 10.6 Å². The van der Waals surface area contributed by atoms with E-state index in [2.05, 4.69) is 4.72 Å². The van der Waals surface area contributed by atoms with Crippen LogP contribution in [0, 0.1) is 0 Å². The predicted octanol–water partition coefficient (Wildman–Crippen LogP) is 0.813. The molecule has 1 heterocycles. The summed E-state index contributed by atoms with van der Waals surface area (Å²) in [5, 5.41) is -0.368. The molecule has 0 radical (unpaired) electrons. The number of rotatable bonds is 13. The van der Waals surface area contributed by atoms with Gasteiger partial charge in [0.05, 0.1) is 5.25 Å². The highest BCUT2D eigenvalue weighted by Crippen LogP contribution is 2.27. The maximum atomic E-state index is 12.2. The summed E-state index contributed by atoms with van der Waals surface area (Å²) in [6.07, 6.45) is 6.74. The number of hydrogen-bond donors (Lipinski definition) is 2. The van der Waals surface area contributed by atoms with Crippen LogP contribution in [-0.2, 0) is 19.6 Å². The molecule has 8 nitrogen and oxygen atoms in total. The third-order valence-corrected chi connectivity index (χ3v) is 7.96. The number of nitrogens with one attached hydrogen (secondary N) is 1. The Morgan fingerprint density at radius 2 is 1.86 bits per heavy atom. The van der Waals surface area contributed by atoms with Crippen molar-refractivity contribution in [1.29, 1.82) is 0 Å². The average molecular weight is 431 g/mol. The molecule has 3 N–H and O–H groups in total. The van der Waals surface area contributed by atoms with Gasteiger partial charge in [0.2, 0.25) is 29.1 Å². The third kappa shape index (κ3) is 7.65. The first-order chi connectivity index (χ1) is 13.3. The highest BCUT2D eigenvalue weighted by molar-refractivity contribution is 7.99. The smallest absolute Gasteiger partial charge is 0.240 e. The fourth-order valence-electron chi connectivity index (χ4n) is 3.28. The Morgan fingerprint density at radius 3 is 2.54 bits per heavy atom. The molecular weight excluding hydrogens is 401 g/mol. The van der Waals surface area contributed by atoms with Crippen LogP contribution in [0.5, 0.6) is 0 Å². The van der Waals surface area contributed by atoms with Crippen molar-refractivity contribution >= 4 is 46.7 Å².